The van der Waals surface area contributed by atoms with Crippen molar-refractivity contribution in [2.45, 2.75) is 31.6 Å². The van der Waals surface area contributed by atoms with Crippen molar-refractivity contribution in [3.8, 4) is 0 Å². The molecule has 0 aromatic heterocycles. The van der Waals surface area contributed by atoms with E-state index in [2.05, 4.69) is 20.9 Å². The van der Waals surface area contributed by atoms with Gasteiger partial charge in [-0.25, -0.2) is 8.42 Å². The second-order valence-corrected chi connectivity index (χ2v) is 12.3. The Bertz CT molecular complexity index is 1140. The molecule has 0 aliphatic carbocycles. The lowest BCUT2D eigenvalue weighted by Gasteiger charge is -2.28. The number of aryl methyl sites for hydroxylation is 2. The molecule has 2 aliphatic heterocycles. The first kappa shape index (κ1) is 21.9. The largest absolute Gasteiger partial charge is 0.315 e. The van der Waals surface area contributed by atoms with Crippen LogP contribution in [0, 0.1) is 13.8 Å². The molecule has 158 valence electrons. The summed E-state index contributed by atoms with van der Waals surface area (Å²) in [7, 11) is -3.12. The summed E-state index contributed by atoms with van der Waals surface area (Å²) in [6.45, 7) is 3.97. The number of thioether (sulfide) groups is 1. The van der Waals surface area contributed by atoms with Crippen molar-refractivity contribution >= 4 is 65.9 Å². The maximum Gasteiger partial charge on any atom is 0.252 e. The van der Waals surface area contributed by atoms with Crippen LogP contribution in [0.1, 0.15) is 16.7 Å². The predicted molar refractivity (Wildman–Crippen MR) is 128 cm³/mol. The molecule has 0 spiro atoms. The van der Waals surface area contributed by atoms with Crippen LogP contribution in [0.5, 0.6) is 0 Å². The zero-order valence-corrected chi connectivity index (χ0v) is 20.4. The van der Waals surface area contributed by atoms with Crippen LogP contribution in [-0.2, 0) is 21.1 Å². The molecule has 0 saturated carbocycles. The molecule has 0 unspecified atom stereocenters. The van der Waals surface area contributed by atoms with Gasteiger partial charge in [0.1, 0.15) is 0 Å². The molecule has 2 aliphatic rings. The zero-order valence-electron chi connectivity index (χ0n) is 16.4. The van der Waals surface area contributed by atoms with Crippen LogP contribution >= 0.6 is 39.3 Å². The lowest BCUT2D eigenvalue weighted by molar-refractivity contribution is -0.117. The number of amidine groups is 1. The van der Waals surface area contributed by atoms with E-state index in [9.17, 15) is 13.2 Å². The smallest absolute Gasteiger partial charge is 0.252 e. The molecule has 5 nitrogen and oxygen atoms in total. The van der Waals surface area contributed by atoms with Gasteiger partial charge in [0.15, 0.2) is 15.0 Å². The number of amides is 1. The highest BCUT2D eigenvalue weighted by atomic mass is 79.9. The number of nitrogens with zero attached hydrogens (tertiary/aromatic N) is 2. The van der Waals surface area contributed by atoms with Gasteiger partial charge >= 0.3 is 0 Å². The van der Waals surface area contributed by atoms with E-state index in [-0.39, 0.29) is 35.1 Å². The lowest BCUT2D eigenvalue weighted by Crippen LogP contribution is -2.38. The number of halogens is 2. The third-order valence-electron chi connectivity index (χ3n) is 5.28. The summed E-state index contributed by atoms with van der Waals surface area (Å²) in [6, 6.07) is 11.0. The Hall–Kier alpha value is -1.35. The Morgan fingerprint density at radius 1 is 1.23 bits per heavy atom. The molecular weight excluding hydrogens is 508 g/mol. The van der Waals surface area contributed by atoms with E-state index in [1.165, 1.54) is 11.8 Å². The molecule has 1 amide bonds. The van der Waals surface area contributed by atoms with E-state index in [1.54, 1.807) is 6.07 Å². The fraction of sp³-hybridized carbons (Fsp3) is 0.333. The Balaban J connectivity index is 1.73. The van der Waals surface area contributed by atoms with E-state index in [1.807, 2.05) is 49.1 Å². The van der Waals surface area contributed by atoms with Gasteiger partial charge in [0.25, 0.3) is 5.91 Å². The number of aliphatic imine (C=N–C) groups is 1. The van der Waals surface area contributed by atoms with Crippen molar-refractivity contribution in [1.82, 2.24) is 0 Å². The molecule has 30 heavy (non-hydrogen) atoms. The van der Waals surface area contributed by atoms with E-state index >= 15 is 0 Å². The highest BCUT2D eigenvalue weighted by Crippen LogP contribution is 2.43. The van der Waals surface area contributed by atoms with Gasteiger partial charge in [-0.05, 0) is 48.7 Å². The van der Waals surface area contributed by atoms with Crippen LogP contribution in [0.25, 0.3) is 0 Å². The van der Waals surface area contributed by atoms with Gasteiger partial charge in [0, 0.05) is 20.4 Å². The fourth-order valence-electron chi connectivity index (χ4n) is 4.06. The molecule has 2 aromatic carbocycles. The summed E-state index contributed by atoms with van der Waals surface area (Å²) in [4.78, 5) is 19.1. The van der Waals surface area contributed by atoms with Crippen molar-refractivity contribution in [3.63, 3.8) is 0 Å². The zero-order chi connectivity index (χ0) is 21.6. The van der Waals surface area contributed by atoms with Crippen LogP contribution < -0.4 is 4.90 Å². The number of carbonyl (C=O) groups excluding carboxylic acids is 1. The average Bonchev–Trinajstić information content (AvgIpc) is 3.08. The van der Waals surface area contributed by atoms with Gasteiger partial charge in [-0.1, -0.05) is 57.5 Å². The van der Waals surface area contributed by atoms with Crippen LogP contribution in [0.3, 0.4) is 0 Å². The van der Waals surface area contributed by atoms with E-state index < -0.39 is 9.84 Å². The van der Waals surface area contributed by atoms with Gasteiger partial charge < -0.3 is 4.90 Å². The summed E-state index contributed by atoms with van der Waals surface area (Å²) in [5.74, 6) is -0.131. The SMILES string of the molecule is Cc1cc(Br)cc(C)c1N1C(=NC(=O)Cc2ccccc2Cl)S[C@@H]2CS(=O)(=O)C[C@H]21. The molecule has 2 aromatic rings. The molecule has 2 saturated heterocycles. The lowest BCUT2D eigenvalue weighted by atomic mass is 10.1. The van der Waals surface area contributed by atoms with Crippen LogP contribution in [0.4, 0.5) is 5.69 Å². The summed E-state index contributed by atoms with van der Waals surface area (Å²) in [5, 5.41) is 0.958. The monoisotopic (exact) mass is 526 g/mol. The summed E-state index contributed by atoms with van der Waals surface area (Å²) < 4.78 is 25.5. The van der Waals surface area contributed by atoms with Gasteiger partial charge in [-0.3, -0.25) is 4.79 Å². The van der Waals surface area contributed by atoms with Crippen molar-refractivity contribution in [2.24, 2.45) is 4.99 Å². The maximum absolute atomic E-state index is 12.8. The average molecular weight is 528 g/mol. The van der Waals surface area contributed by atoms with Gasteiger partial charge in [0.2, 0.25) is 0 Å². The van der Waals surface area contributed by atoms with Gasteiger partial charge in [-0.2, -0.15) is 4.99 Å². The minimum absolute atomic E-state index is 0.0668. The molecule has 4 rings (SSSR count). The fourth-order valence-corrected chi connectivity index (χ4v) is 8.87. The summed E-state index contributed by atoms with van der Waals surface area (Å²) in [6.07, 6.45) is 0.101. The normalized spacial score (nSPS) is 23.7. The number of hydrogen-bond donors (Lipinski definition) is 0. The topological polar surface area (TPSA) is 66.8 Å². The number of carbonyl (C=O) groups is 1. The minimum atomic E-state index is -3.12. The van der Waals surface area contributed by atoms with Crippen molar-refractivity contribution in [2.75, 3.05) is 16.4 Å². The van der Waals surface area contributed by atoms with Gasteiger partial charge in [0.05, 0.1) is 24.0 Å². The molecule has 2 fully saturated rings. The maximum atomic E-state index is 12.8. The third-order valence-corrected chi connectivity index (χ3v) is 9.32. The molecule has 0 N–H and O–H groups in total. The highest BCUT2D eigenvalue weighted by molar-refractivity contribution is 9.10. The Kier molecular flexibility index (Phi) is 6.05. The number of sulfone groups is 1. The van der Waals surface area contributed by atoms with E-state index in [0.717, 1.165) is 26.9 Å². The van der Waals surface area contributed by atoms with Crippen molar-refractivity contribution in [3.05, 3.63) is 62.6 Å². The minimum Gasteiger partial charge on any atom is -0.315 e. The molecule has 2 atom stereocenters. The number of benzene rings is 2. The molecule has 9 heteroatoms. The van der Waals surface area contributed by atoms with Crippen LogP contribution in [0.15, 0.2) is 45.9 Å². The molecule has 2 heterocycles. The number of anilines is 1. The first-order valence-corrected chi connectivity index (χ1v) is 13.3. The Morgan fingerprint density at radius 2 is 1.90 bits per heavy atom. The molecular formula is C21H20BrClN2O3S2. The quantitative estimate of drug-likeness (QED) is 0.585. The van der Waals surface area contributed by atoms with Crippen molar-refractivity contribution < 1.29 is 13.2 Å². The second-order valence-electron chi connectivity index (χ2n) is 7.62. The first-order chi connectivity index (χ1) is 14.1. The highest BCUT2D eigenvalue weighted by Gasteiger charge is 2.50. The van der Waals surface area contributed by atoms with Gasteiger partial charge in [-0.15, -0.1) is 0 Å². The second kappa shape index (κ2) is 8.30. The third kappa shape index (κ3) is 4.33. The first-order valence-electron chi connectivity index (χ1n) is 9.42. The Morgan fingerprint density at radius 3 is 2.57 bits per heavy atom. The number of fused-ring (bicyclic) bond motifs is 1. The summed E-state index contributed by atoms with van der Waals surface area (Å²) in [5.41, 5.74) is 3.64. The van der Waals surface area contributed by atoms with Crippen LogP contribution in [-0.4, -0.2) is 42.3 Å². The number of rotatable bonds is 3. The standard InChI is InChI=1S/C21H20BrClN2O3S2/c1-12-7-15(22)8-13(2)20(12)25-17-10-30(27,28)11-18(17)29-21(25)24-19(26)9-14-5-3-4-6-16(14)23/h3-8,17-18H,9-11H2,1-2H3/t17-,18-/m1/s1. The molecule has 0 radical (unpaired) electrons. The number of hydrogen-bond acceptors (Lipinski definition) is 4. The molecule has 0 bridgehead atoms. The predicted octanol–water partition coefficient (Wildman–Crippen LogP) is 4.56. The van der Waals surface area contributed by atoms with Crippen molar-refractivity contribution in [1.29, 1.82) is 0 Å². The Labute approximate surface area is 193 Å². The van der Waals surface area contributed by atoms with E-state index in [4.69, 9.17) is 11.6 Å². The summed E-state index contributed by atoms with van der Waals surface area (Å²) >= 11 is 11.1. The van der Waals surface area contributed by atoms with Crippen LogP contribution in [0.2, 0.25) is 5.02 Å². The van der Waals surface area contributed by atoms with E-state index in [0.29, 0.717) is 10.2 Å².